The quantitative estimate of drug-likeness (QED) is 0.133. The largest absolute Gasteiger partial charge is 0.309 e. The number of nitrogens with zero attached hydrogens (tertiary/aromatic N) is 2. The van der Waals surface area contributed by atoms with E-state index in [0.29, 0.717) is 0 Å². The molecule has 14 aromatic carbocycles. The maximum atomic E-state index is 2.50. The highest BCUT2D eigenvalue weighted by atomic mass is 15.2. The molecule has 2 heteroatoms. The molecule has 0 saturated carbocycles. The minimum atomic E-state index is 0.0188. The second kappa shape index (κ2) is 20.1. The fraction of sp³-hybridized carbons (Fsp3) is 0.100. The fourth-order valence-corrected chi connectivity index (χ4v) is 12.9. The minimum absolute atomic E-state index is 0.0188. The summed E-state index contributed by atoms with van der Waals surface area (Å²) in [6.45, 7) is 13.7. The molecule has 0 N–H and O–H groups in total. The van der Waals surface area contributed by atoms with Gasteiger partial charge < -0.3 is 9.80 Å². The number of hydrogen-bond donors (Lipinski definition) is 0. The summed E-state index contributed by atoms with van der Waals surface area (Å²) in [4.78, 5) is 4.95. The van der Waals surface area contributed by atoms with Gasteiger partial charge in [-0.3, -0.25) is 0 Å². The Bertz CT molecular complexity index is 4320. The molecular formula is C80H64N2. The van der Waals surface area contributed by atoms with Crippen LogP contribution in [0.3, 0.4) is 0 Å². The molecular weight excluding hydrogens is 989 g/mol. The van der Waals surface area contributed by atoms with Gasteiger partial charge in [0, 0.05) is 44.3 Å². The Morgan fingerprint density at radius 1 is 0.220 bits per heavy atom. The molecule has 0 atom stereocenters. The molecule has 82 heavy (non-hydrogen) atoms. The lowest BCUT2D eigenvalue weighted by atomic mass is 9.83. The van der Waals surface area contributed by atoms with E-state index in [9.17, 15) is 0 Å². The van der Waals surface area contributed by atoms with Crippen molar-refractivity contribution in [3.8, 4) is 33.4 Å². The van der Waals surface area contributed by atoms with Crippen LogP contribution in [0, 0.1) is 0 Å². The minimum Gasteiger partial charge on any atom is -0.309 e. The van der Waals surface area contributed by atoms with E-state index in [-0.39, 0.29) is 10.8 Å². The molecule has 0 unspecified atom stereocenters. The topological polar surface area (TPSA) is 6.48 Å². The van der Waals surface area contributed by atoms with Crippen LogP contribution in [0.15, 0.2) is 279 Å². The summed E-state index contributed by atoms with van der Waals surface area (Å²) >= 11 is 0. The predicted molar refractivity (Wildman–Crippen MR) is 355 cm³/mol. The van der Waals surface area contributed by atoms with Gasteiger partial charge in [-0.1, -0.05) is 248 Å². The molecule has 2 nitrogen and oxygen atoms in total. The highest BCUT2D eigenvalue weighted by molar-refractivity contribution is 6.25. The average Bonchev–Trinajstić information content (AvgIpc) is 2.89. The molecule has 0 heterocycles. The van der Waals surface area contributed by atoms with E-state index in [1.54, 1.807) is 0 Å². The summed E-state index contributed by atoms with van der Waals surface area (Å²) in [5, 5.41) is 14.4. The van der Waals surface area contributed by atoms with Gasteiger partial charge in [0.05, 0.1) is 11.4 Å². The van der Waals surface area contributed by atoms with E-state index >= 15 is 0 Å². The highest BCUT2D eigenvalue weighted by Crippen LogP contribution is 2.53. The van der Waals surface area contributed by atoms with E-state index in [4.69, 9.17) is 0 Å². The van der Waals surface area contributed by atoms with Gasteiger partial charge in [0.2, 0.25) is 0 Å². The van der Waals surface area contributed by atoms with Gasteiger partial charge in [0.15, 0.2) is 0 Å². The van der Waals surface area contributed by atoms with Gasteiger partial charge in [-0.25, -0.2) is 0 Å². The number of fused-ring (bicyclic) bond motifs is 6. The Morgan fingerprint density at radius 2 is 0.463 bits per heavy atom. The van der Waals surface area contributed by atoms with Gasteiger partial charge in [0.25, 0.3) is 0 Å². The molecule has 0 amide bonds. The smallest absolute Gasteiger partial charge is 0.0618 e. The van der Waals surface area contributed by atoms with E-state index in [1.807, 2.05) is 0 Å². The predicted octanol–water partition coefficient (Wildman–Crippen LogP) is 23.1. The maximum absolute atomic E-state index is 2.50. The van der Waals surface area contributed by atoms with E-state index in [2.05, 4.69) is 330 Å². The van der Waals surface area contributed by atoms with E-state index in [0.717, 1.165) is 45.3 Å². The van der Waals surface area contributed by atoms with Crippen molar-refractivity contribution in [2.75, 3.05) is 9.80 Å². The molecule has 0 fully saturated rings. The number of hydrogen-bond acceptors (Lipinski definition) is 2. The van der Waals surface area contributed by atoms with Crippen molar-refractivity contribution in [3.63, 3.8) is 0 Å². The van der Waals surface area contributed by atoms with Gasteiger partial charge in [-0.15, -0.1) is 0 Å². The van der Waals surface area contributed by atoms with Crippen LogP contribution in [0.1, 0.15) is 52.7 Å². The fourth-order valence-electron chi connectivity index (χ4n) is 12.9. The van der Waals surface area contributed by atoms with Crippen molar-refractivity contribution >= 4 is 98.8 Å². The van der Waals surface area contributed by atoms with Crippen LogP contribution >= 0.6 is 0 Å². The van der Waals surface area contributed by atoms with Crippen LogP contribution in [0.4, 0.5) is 34.1 Å². The Hall–Kier alpha value is -9.76. The normalized spacial score (nSPS) is 12.0. The molecule has 0 aliphatic heterocycles. The third-order valence-corrected chi connectivity index (χ3v) is 16.8. The van der Waals surface area contributed by atoms with Crippen molar-refractivity contribution in [1.82, 2.24) is 0 Å². The molecule has 0 aliphatic rings. The average molecular weight is 1050 g/mol. The first-order chi connectivity index (χ1) is 40.0. The van der Waals surface area contributed by atoms with Crippen LogP contribution in [0.25, 0.3) is 98.0 Å². The molecule has 0 saturated heterocycles. The molecule has 394 valence electrons. The summed E-state index contributed by atoms with van der Waals surface area (Å²) in [6.07, 6.45) is 0. The van der Waals surface area contributed by atoms with Crippen LogP contribution in [-0.4, -0.2) is 0 Å². The summed E-state index contributed by atoms with van der Waals surface area (Å²) < 4.78 is 0. The van der Waals surface area contributed by atoms with Crippen molar-refractivity contribution in [1.29, 1.82) is 0 Å². The van der Waals surface area contributed by atoms with Crippen LogP contribution in [0.5, 0.6) is 0 Å². The lowest BCUT2D eigenvalue weighted by Crippen LogP contribution is -2.14. The third kappa shape index (κ3) is 8.74. The first-order valence-corrected chi connectivity index (χ1v) is 28.8. The van der Waals surface area contributed by atoms with Crippen LogP contribution < -0.4 is 9.80 Å². The maximum Gasteiger partial charge on any atom is 0.0618 e. The van der Waals surface area contributed by atoms with Gasteiger partial charge in [-0.2, -0.15) is 0 Å². The number of rotatable bonds is 9. The number of benzene rings is 14. The van der Waals surface area contributed by atoms with Crippen LogP contribution in [-0.2, 0) is 10.8 Å². The van der Waals surface area contributed by atoms with E-state index < -0.39 is 0 Å². The zero-order chi connectivity index (χ0) is 55.7. The third-order valence-electron chi connectivity index (χ3n) is 16.8. The standard InChI is InChI=1S/C80H64N2/c1-79(2,3)58-41-45-62(46-42-58)81(60-27-9-7-10-28-60)77-70-37-21-17-33-66(70)75(67-34-18-22-38-71(67)77)56-50-55(74-64-31-15-13-25-53(64)49-54-26-14-16-32-65(54)74)51-57(52-56)76-68-35-19-23-39-72(68)78(73-40-24-20-36-69(73)76)82(61-29-11-8-12-30-61)63-47-43-59(44-48-63)80(4,5)6/h7-52H,1-6H3. The van der Waals surface area contributed by atoms with Gasteiger partial charge >= 0.3 is 0 Å². The Kier molecular flexibility index (Phi) is 12.4. The second-order valence-corrected chi connectivity index (χ2v) is 24.1. The zero-order valence-corrected chi connectivity index (χ0v) is 47.5. The molecule has 14 rings (SSSR count). The SMILES string of the molecule is CC(C)(C)c1ccc(N(c2ccccc2)c2c3ccccc3c(-c3cc(-c4c5ccccc5cc5ccccc45)cc(-c4c5ccccc5c(N(c5ccccc5)c5ccc(C(C)(C)C)cc5)c5ccccc45)c3)c3ccccc23)cc1. The molecule has 0 aromatic heterocycles. The molecule has 0 aliphatic carbocycles. The Balaban J connectivity index is 1.09. The van der Waals surface area contributed by atoms with Crippen LogP contribution in [0.2, 0.25) is 0 Å². The lowest BCUT2D eigenvalue weighted by molar-refractivity contribution is 0.590. The van der Waals surface area contributed by atoms with Crippen molar-refractivity contribution in [2.45, 2.75) is 52.4 Å². The monoisotopic (exact) mass is 1050 g/mol. The zero-order valence-electron chi connectivity index (χ0n) is 47.5. The van der Waals surface area contributed by atoms with Crippen molar-refractivity contribution in [2.24, 2.45) is 0 Å². The number of anilines is 6. The molecule has 0 spiro atoms. The summed E-state index contributed by atoms with van der Waals surface area (Å²) in [5.74, 6) is 0. The second-order valence-electron chi connectivity index (χ2n) is 24.1. The van der Waals surface area contributed by atoms with E-state index in [1.165, 1.54) is 98.0 Å². The van der Waals surface area contributed by atoms with Crippen molar-refractivity contribution in [3.05, 3.63) is 290 Å². The van der Waals surface area contributed by atoms with Gasteiger partial charge in [0.1, 0.15) is 0 Å². The van der Waals surface area contributed by atoms with Gasteiger partial charge in [-0.05, 0) is 171 Å². The highest BCUT2D eigenvalue weighted by Gasteiger charge is 2.27. The number of para-hydroxylation sites is 2. The summed E-state index contributed by atoms with van der Waals surface area (Å²) in [7, 11) is 0. The Morgan fingerprint density at radius 3 is 0.768 bits per heavy atom. The van der Waals surface area contributed by atoms with Crippen molar-refractivity contribution < 1.29 is 0 Å². The molecule has 14 aromatic rings. The summed E-state index contributed by atoms with van der Waals surface area (Å²) in [5.41, 5.74) is 16.5. The first-order valence-electron chi connectivity index (χ1n) is 28.8. The first kappa shape index (κ1) is 50.5. The Labute approximate surface area is 481 Å². The molecule has 0 bridgehead atoms. The molecule has 0 radical (unpaired) electrons. The summed E-state index contributed by atoms with van der Waals surface area (Å²) in [6, 6.07) is 104. The lowest BCUT2D eigenvalue weighted by Gasteiger charge is -2.30.